The molecule has 8 nitrogen and oxygen atoms in total. The molecule has 14 heteroatoms. The van der Waals surface area contributed by atoms with E-state index in [2.05, 4.69) is 0 Å². The third-order valence-electron chi connectivity index (χ3n) is 2.66. The van der Waals surface area contributed by atoms with Crippen LogP contribution in [0.3, 0.4) is 0 Å². The van der Waals surface area contributed by atoms with Gasteiger partial charge in [-0.25, -0.2) is 0 Å². The second-order valence-corrected chi connectivity index (χ2v) is 7.44. The normalized spacial score (nSPS) is 16.4. The molecule has 1 amide bonds. The van der Waals surface area contributed by atoms with Crippen LogP contribution >= 0.6 is 15.2 Å². The molecular formula is C7H11NNa4O7P2. The summed E-state index contributed by atoms with van der Waals surface area (Å²) in [6.45, 7) is 0. The number of nitrogens with one attached hydrogen (secondary N) is 1. The first-order valence-electron chi connectivity index (χ1n) is 4.90. The number of carbonyl (C=O) groups is 1. The molecule has 1 aliphatic carbocycles. The standard InChI is InChI=1S/C7H15NO7P2.4Na/c9-6(5-16(10,11)12)8-7(17(13,14)15)3-1-2-4-7;;;;/h1-5H2,(H,8,9)(H2,10,11,12)(H2,13,14,15);;;;/q;4*+1/p-4. The molecule has 1 rings (SSSR count). The maximum atomic E-state index is 11.2. The van der Waals surface area contributed by atoms with E-state index < -0.39 is 32.5 Å². The van der Waals surface area contributed by atoms with E-state index in [1.807, 2.05) is 5.32 Å². The molecule has 21 heavy (non-hydrogen) atoms. The zero-order chi connectivity index (χ0) is 13.3. The van der Waals surface area contributed by atoms with Crippen molar-refractivity contribution >= 4 is 21.1 Å². The van der Waals surface area contributed by atoms with Crippen molar-refractivity contribution in [1.29, 1.82) is 0 Å². The average molecular weight is 375 g/mol. The first kappa shape index (κ1) is 32.4. The summed E-state index contributed by atoms with van der Waals surface area (Å²) in [6.07, 6.45) is -0.548. The van der Waals surface area contributed by atoms with Gasteiger partial charge in [0.05, 0.1) is 11.4 Å². The second-order valence-electron chi connectivity index (χ2n) is 4.05. The molecule has 0 spiro atoms. The summed E-state index contributed by atoms with van der Waals surface area (Å²) in [6, 6.07) is 0. The van der Waals surface area contributed by atoms with Crippen LogP contribution in [-0.4, -0.2) is 17.3 Å². The fourth-order valence-electron chi connectivity index (χ4n) is 1.90. The number of amides is 1. The fourth-order valence-corrected chi connectivity index (χ4v) is 3.46. The van der Waals surface area contributed by atoms with Crippen molar-refractivity contribution in [1.82, 2.24) is 5.32 Å². The van der Waals surface area contributed by atoms with Crippen LogP contribution in [0.25, 0.3) is 0 Å². The zero-order valence-corrected chi connectivity index (χ0v) is 22.6. The van der Waals surface area contributed by atoms with E-state index in [1.165, 1.54) is 0 Å². The van der Waals surface area contributed by atoms with E-state index in [1.54, 1.807) is 0 Å². The van der Waals surface area contributed by atoms with E-state index in [0.29, 0.717) is 12.8 Å². The van der Waals surface area contributed by atoms with Gasteiger partial charge in [-0.2, -0.15) is 0 Å². The molecule has 0 radical (unpaired) electrons. The first-order chi connectivity index (χ1) is 7.56. The summed E-state index contributed by atoms with van der Waals surface area (Å²) >= 11 is 0. The second kappa shape index (κ2) is 13.0. The van der Waals surface area contributed by atoms with Crippen LogP contribution in [0.4, 0.5) is 0 Å². The van der Waals surface area contributed by atoms with Crippen molar-refractivity contribution in [3.63, 3.8) is 0 Å². The summed E-state index contributed by atoms with van der Waals surface area (Å²) in [4.78, 5) is 54.1. The van der Waals surface area contributed by atoms with Crippen LogP contribution in [0.5, 0.6) is 0 Å². The van der Waals surface area contributed by atoms with E-state index in [-0.39, 0.29) is 131 Å². The third kappa shape index (κ3) is 11.2. The van der Waals surface area contributed by atoms with Crippen molar-refractivity contribution < 1.29 is 152 Å². The Kier molecular flexibility index (Phi) is 20.1. The number of hydrogen-bond acceptors (Lipinski definition) is 7. The quantitative estimate of drug-likeness (QED) is 0.378. The van der Waals surface area contributed by atoms with E-state index >= 15 is 0 Å². The van der Waals surface area contributed by atoms with Gasteiger partial charge >= 0.3 is 118 Å². The molecule has 0 aromatic carbocycles. The Morgan fingerprint density at radius 2 is 1.33 bits per heavy atom. The van der Waals surface area contributed by atoms with Gasteiger partial charge in [0.1, 0.15) is 0 Å². The van der Waals surface area contributed by atoms with Crippen LogP contribution in [0, 0.1) is 0 Å². The van der Waals surface area contributed by atoms with Crippen molar-refractivity contribution in [2.24, 2.45) is 0 Å². The first-order valence-corrected chi connectivity index (χ1v) is 8.17. The van der Waals surface area contributed by atoms with Crippen LogP contribution in [-0.2, 0) is 13.9 Å². The molecule has 0 atom stereocenters. The van der Waals surface area contributed by atoms with Crippen molar-refractivity contribution in [2.75, 3.05) is 6.16 Å². The summed E-state index contributed by atoms with van der Waals surface area (Å²) < 4.78 is 21.4. The van der Waals surface area contributed by atoms with Gasteiger partial charge in [0.15, 0.2) is 0 Å². The van der Waals surface area contributed by atoms with Gasteiger partial charge in [-0.1, -0.05) is 20.4 Å². The molecule has 100 valence electrons. The fraction of sp³-hybridized carbons (Fsp3) is 0.857. The molecule has 0 bridgehead atoms. The van der Waals surface area contributed by atoms with Crippen LogP contribution in [0.2, 0.25) is 0 Å². The maximum Gasteiger partial charge on any atom is 1.00 e. The van der Waals surface area contributed by atoms with Crippen molar-refractivity contribution in [3.05, 3.63) is 0 Å². The molecule has 1 aliphatic rings. The largest absolute Gasteiger partial charge is 1.00 e. The predicted molar refractivity (Wildman–Crippen MR) is 49.4 cm³/mol. The number of carbonyl (C=O) groups excluding carboxylic acids is 1. The molecule has 0 heterocycles. The minimum atomic E-state index is -5.09. The molecule has 1 saturated carbocycles. The Balaban J connectivity index is -0.000000361. The number of rotatable bonds is 4. The van der Waals surface area contributed by atoms with Crippen LogP contribution < -0.4 is 143 Å². The molecule has 0 aromatic heterocycles. The summed E-state index contributed by atoms with van der Waals surface area (Å²) in [7, 11) is -10.2. The van der Waals surface area contributed by atoms with Crippen LogP contribution in [0.1, 0.15) is 25.7 Å². The molecule has 0 aromatic rings. The van der Waals surface area contributed by atoms with Crippen LogP contribution in [0.15, 0.2) is 0 Å². The SMILES string of the molecule is O=C(CP(=O)([O-])[O-])NC1(P(=O)([O-])[O-])CCCC1.[Na+].[Na+].[Na+].[Na+]. The molecular weight excluding hydrogens is 364 g/mol. The van der Waals surface area contributed by atoms with Gasteiger partial charge in [-0.05, 0) is 20.4 Å². The number of hydrogen-bond donors (Lipinski definition) is 1. The predicted octanol–water partition coefficient (Wildman–Crippen LogP) is -14.8. The Bertz CT molecular complexity index is 406. The van der Waals surface area contributed by atoms with E-state index in [4.69, 9.17) is 0 Å². The van der Waals surface area contributed by atoms with Gasteiger partial charge in [0, 0.05) is 0 Å². The summed E-state index contributed by atoms with van der Waals surface area (Å²) in [5.41, 5.74) is 0. The smallest absolute Gasteiger partial charge is 0.810 e. The zero-order valence-electron chi connectivity index (χ0n) is 12.8. The van der Waals surface area contributed by atoms with Crippen molar-refractivity contribution in [3.8, 4) is 0 Å². The molecule has 1 N–H and O–H groups in total. The Morgan fingerprint density at radius 1 is 0.952 bits per heavy atom. The van der Waals surface area contributed by atoms with Gasteiger partial charge < -0.3 is 34.0 Å². The minimum absolute atomic E-state index is 0. The van der Waals surface area contributed by atoms with Gasteiger partial charge in [0.25, 0.3) is 0 Å². The monoisotopic (exact) mass is 375 g/mol. The Hall–Kier alpha value is 3.77. The molecule has 0 aliphatic heterocycles. The maximum absolute atomic E-state index is 11.2. The van der Waals surface area contributed by atoms with E-state index in [0.717, 1.165) is 0 Å². The molecule has 1 fully saturated rings. The molecule has 0 unspecified atom stereocenters. The minimum Gasteiger partial charge on any atom is -0.810 e. The average Bonchev–Trinajstić information content (AvgIpc) is 2.48. The third-order valence-corrected chi connectivity index (χ3v) is 4.95. The molecule has 0 saturated heterocycles. The Labute approximate surface area is 211 Å². The summed E-state index contributed by atoms with van der Waals surface area (Å²) in [5.74, 6) is -1.24. The Morgan fingerprint density at radius 3 is 1.62 bits per heavy atom. The van der Waals surface area contributed by atoms with E-state index in [9.17, 15) is 33.5 Å². The van der Waals surface area contributed by atoms with Gasteiger partial charge in [-0.3, -0.25) is 4.79 Å². The topological polar surface area (TPSA) is 155 Å². The summed E-state index contributed by atoms with van der Waals surface area (Å²) in [5, 5.41) is -0.0417. The van der Waals surface area contributed by atoms with Gasteiger partial charge in [-0.15, -0.1) is 0 Å². The van der Waals surface area contributed by atoms with Crippen molar-refractivity contribution in [2.45, 2.75) is 31.0 Å². The van der Waals surface area contributed by atoms with Gasteiger partial charge in [0.2, 0.25) is 5.91 Å².